The number of benzene rings is 1. The Hall–Kier alpha value is -2.36. The SMILES string of the molecule is COCCCOc1cc(C[C@@H](C[C@H](NC(=O)OC(C)(C)C)[C@@H](O)C[C@H](C(=O)CCC2(C)COC2)C(C)C)C(C)C)ccc1OC. The summed E-state index contributed by atoms with van der Waals surface area (Å²) in [5.74, 6) is 1.61. The van der Waals surface area contributed by atoms with E-state index in [0.29, 0.717) is 57.2 Å². The van der Waals surface area contributed by atoms with Gasteiger partial charge in [-0.1, -0.05) is 40.7 Å². The summed E-state index contributed by atoms with van der Waals surface area (Å²) in [6.45, 7) is 18.4. The van der Waals surface area contributed by atoms with E-state index >= 15 is 0 Å². The van der Waals surface area contributed by atoms with Crippen molar-refractivity contribution in [2.45, 2.75) is 112 Å². The molecule has 4 atom stereocenters. The standard InChI is InChI=1S/C36H61NO8/c1-24(2)27(18-26-12-13-32(42-10)33(19-26)44-17-11-16-41-9)20-29(37-34(40)45-35(5,6)7)31(39)21-28(25(3)4)30(38)14-15-36(8)22-43-23-36/h12-13,19,24-25,27-29,31,39H,11,14-18,20-23H2,1-10H3,(H,37,40)/t27-,28-,29-,31-/m0/s1. The second-order valence-electron chi connectivity index (χ2n) is 14.8. The van der Waals surface area contributed by atoms with Crippen LogP contribution < -0.4 is 14.8 Å². The quantitative estimate of drug-likeness (QED) is 0.154. The molecule has 1 heterocycles. The molecule has 0 unspecified atom stereocenters. The maximum atomic E-state index is 13.4. The normalized spacial score (nSPS) is 17.3. The average Bonchev–Trinajstić information content (AvgIpc) is 2.93. The first-order valence-corrected chi connectivity index (χ1v) is 16.6. The van der Waals surface area contributed by atoms with Gasteiger partial charge in [-0.2, -0.15) is 0 Å². The maximum Gasteiger partial charge on any atom is 0.407 e. The van der Waals surface area contributed by atoms with Crippen LogP contribution in [0.4, 0.5) is 4.79 Å². The van der Waals surface area contributed by atoms with Gasteiger partial charge in [0.05, 0.1) is 39.1 Å². The van der Waals surface area contributed by atoms with Gasteiger partial charge in [-0.15, -0.1) is 0 Å². The average molecular weight is 636 g/mol. The van der Waals surface area contributed by atoms with E-state index in [4.69, 9.17) is 23.7 Å². The second-order valence-corrected chi connectivity index (χ2v) is 14.8. The molecule has 1 aromatic carbocycles. The Bertz CT molecular complexity index is 1050. The Morgan fingerprint density at radius 1 is 1.02 bits per heavy atom. The van der Waals surface area contributed by atoms with Crippen molar-refractivity contribution in [2.24, 2.45) is 29.1 Å². The Labute approximate surface area is 272 Å². The number of ketones is 1. The first-order chi connectivity index (χ1) is 21.1. The van der Waals surface area contributed by atoms with Gasteiger partial charge < -0.3 is 34.1 Å². The van der Waals surface area contributed by atoms with Crippen LogP contribution in [0.1, 0.15) is 93.1 Å². The number of methoxy groups -OCH3 is 2. The van der Waals surface area contributed by atoms with Crippen LogP contribution in [-0.2, 0) is 25.4 Å². The third-order valence-electron chi connectivity index (χ3n) is 8.73. The fourth-order valence-corrected chi connectivity index (χ4v) is 5.74. The molecule has 0 spiro atoms. The number of Topliss-reactive ketones (excluding diaryl/α,β-unsaturated/α-hetero) is 1. The molecule has 0 radical (unpaired) electrons. The molecule has 9 heteroatoms. The predicted octanol–water partition coefficient (Wildman–Crippen LogP) is 6.62. The number of alkyl carbamates (subject to hydrolysis) is 1. The topological polar surface area (TPSA) is 113 Å². The van der Waals surface area contributed by atoms with E-state index in [-0.39, 0.29) is 41.3 Å². The van der Waals surface area contributed by atoms with E-state index in [0.717, 1.165) is 18.4 Å². The highest BCUT2D eigenvalue weighted by Crippen LogP contribution is 2.35. The van der Waals surface area contributed by atoms with Crippen molar-refractivity contribution >= 4 is 11.9 Å². The number of aliphatic hydroxyl groups excluding tert-OH is 1. The summed E-state index contributed by atoms with van der Waals surface area (Å²) in [6.07, 6.45) is 2.01. The van der Waals surface area contributed by atoms with E-state index < -0.39 is 23.8 Å². The van der Waals surface area contributed by atoms with Crippen LogP contribution in [0, 0.1) is 29.1 Å². The third-order valence-corrected chi connectivity index (χ3v) is 8.73. The second kappa shape index (κ2) is 18.1. The van der Waals surface area contributed by atoms with Crippen LogP contribution in [0.25, 0.3) is 0 Å². The maximum absolute atomic E-state index is 13.4. The molecule has 1 aliphatic rings. The summed E-state index contributed by atoms with van der Waals surface area (Å²) >= 11 is 0. The van der Waals surface area contributed by atoms with Crippen LogP contribution in [0.3, 0.4) is 0 Å². The van der Waals surface area contributed by atoms with E-state index in [1.165, 1.54) is 0 Å². The van der Waals surface area contributed by atoms with Gasteiger partial charge in [0.2, 0.25) is 0 Å². The van der Waals surface area contributed by atoms with Crippen LogP contribution in [0.15, 0.2) is 18.2 Å². The predicted molar refractivity (Wildman–Crippen MR) is 177 cm³/mol. The lowest BCUT2D eigenvalue weighted by atomic mass is 9.77. The van der Waals surface area contributed by atoms with Crippen molar-refractivity contribution in [3.05, 3.63) is 23.8 Å². The first-order valence-electron chi connectivity index (χ1n) is 16.6. The number of rotatable bonds is 20. The highest BCUT2D eigenvalue weighted by molar-refractivity contribution is 5.81. The monoisotopic (exact) mass is 635 g/mol. The third kappa shape index (κ3) is 13.5. The minimum Gasteiger partial charge on any atom is -0.493 e. The molecule has 258 valence electrons. The molecule has 1 aromatic rings. The summed E-state index contributed by atoms with van der Waals surface area (Å²) in [7, 11) is 3.29. The smallest absolute Gasteiger partial charge is 0.407 e. The van der Waals surface area contributed by atoms with Gasteiger partial charge >= 0.3 is 6.09 Å². The Balaban J connectivity index is 2.25. The van der Waals surface area contributed by atoms with Gasteiger partial charge in [0.15, 0.2) is 11.5 Å². The number of ether oxygens (including phenoxy) is 5. The number of hydrogen-bond acceptors (Lipinski definition) is 8. The minimum absolute atomic E-state index is 0.0530. The molecule has 0 saturated carbocycles. The molecular weight excluding hydrogens is 574 g/mol. The highest BCUT2D eigenvalue weighted by Gasteiger charge is 2.36. The minimum atomic E-state index is -0.923. The lowest BCUT2D eigenvalue weighted by Crippen LogP contribution is -2.48. The number of carbonyl (C=O) groups excluding carboxylic acids is 2. The van der Waals surface area contributed by atoms with Gasteiger partial charge in [-0.3, -0.25) is 4.79 Å². The molecule has 1 saturated heterocycles. The number of nitrogens with one attached hydrogen (secondary N) is 1. The lowest BCUT2D eigenvalue weighted by Gasteiger charge is -2.38. The molecule has 1 fully saturated rings. The largest absolute Gasteiger partial charge is 0.493 e. The van der Waals surface area contributed by atoms with E-state index in [2.05, 4.69) is 26.1 Å². The lowest BCUT2D eigenvalue weighted by molar-refractivity contribution is -0.131. The fourth-order valence-electron chi connectivity index (χ4n) is 5.74. The highest BCUT2D eigenvalue weighted by atomic mass is 16.6. The van der Waals surface area contributed by atoms with Crippen molar-refractivity contribution in [3.63, 3.8) is 0 Å². The van der Waals surface area contributed by atoms with Crippen molar-refractivity contribution < 1.29 is 38.4 Å². The van der Waals surface area contributed by atoms with Crippen molar-refractivity contribution in [1.29, 1.82) is 0 Å². The zero-order valence-electron chi connectivity index (χ0n) is 29.6. The summed E-state index contributed by atoms with van der Waals surface area (Å²) in [6, 6.07) is 5.36. The van der Waals surface area contributed by atoms with Gasteiger partial charge in [-0.25, -0.2) is 4.79 Å². The molecule has 2 N–H and O–H groups in total. The summed E-state index contributed by atoms with van der Waals surface area (Å²) in [5, 5.41) is 14.6. The molecule has 1 amide bonds. The molecule has 1 aliphatic heterocycles. The number of aliphatic hydroxyl groups is 1. The molecule has 0 bridgehead atoms. The Morgan fingerprint density at radius 2 is 1.71 bits per heavy atom. The van der Waals surface area contributed by atoms with Crippen molar-refractivity contribution in [3.8, 4) is 11.5 Å². The van der Waals surface area contributed by atoms with Crippen LogP contribution in [0.2, 0.25) is 0 Å². The number of amides is 1. The van der Waals surface area contributed by atoms with E-state index in [1.54, 1.807) is 14.2 Å². The Kier molecular flexibility index (Phi) is 15.6. The molecule has 2 rings (SSSR count). The Morgan fingerprint density at radius 3 is 2.24 bits per heavy atom. The number of hydrogen-bond donors (Lipinski definition) is 2. The van der Waals surface area contributed by atoms with Gasteiger partial charge in [0.1, 0.15) is 11.4 Å². The zero-order valence-corrected chi connectivity index (χ0v) is 29.6. The fraction of sp³-hybridized carbons (Fsp3) is 0.778. The van der Waals surface area contributed by atoms with Gasteiger partial charge in [0.25, 0.3) is 0 Å². The van der Waals surface area contributed by atoms with Crippen LogP contribution >= 0.6 is 0 Å². The van der Waals surface area contributed by atoms with E-state index in [9.17, 15) is 14.7 Å². The van der Waals surface area contributed by atoms with Gasteiger partial charge in [-0.05, 0) is 81.9 Å². The van der Waals surface area contributed by atoms with Crippen LogP contribution in [0.5, 0.6) is 11.5 Å². The number of carbonyl (C=O) groups is 2. The first kappa shape index (κ1) is 38.8. The molecule has 45 heavy (non-hydrogen) atoms. The molecule has 9 nitrogen and oxygen atoms in total. The van der Waals surface area contributed by atoms with Gasteiger partial charge in [0, 0.05) is 37.9 Å². The zero-order chi connectivity index (χ0) is 33.8. The molecule has 0 aliphatic carbocycles. The van der Waals surface area contributed by atoms with Crippen molar-refractivity contribution in [1.82, 2.24) is 5.32 Å². The van der Waals surface area contributed by atoms with E-state index in [1.807, 2.05) is 52.8 Å². The van der Waals surface area contributed by atoms with Crippen LogP contribution in [-0.4, -0.2) is 75.4 Å². The molecule has 0 aromatic heterocycles. The summed E-state index contributed by atoms with van der Waals surface area (Å²) in [5.41, 5.74) is 0.444. The van der Waals surface area contributed by atoms with Crippen molar-refractivity contribution in [2.75, 3.05) is 40.6 Å². The molecular formula is C36H61NO8. The summed E-state index contributed by atoms with van der Waals surface area (Å²) < 4.78 is 27.6. The summed E-state index contributed by atoms with van der Waals surface area (Å²) in [4.78, 5) is 26.4.